The number of likely N-dealkylation sites (tertiary alicyclic amines) is 1. The molecule has 1 aliphatic heterocycles. The molecule has 3 aromatic rings. The highest BCUT2D eigenvalue weighted by molar-refractivity contribution is 7.99. The molecule has 1 saturated heterocycles. The van der Waals surface area contributed by atoms with Gasteiger partial charge in [0.2, 0.25) is 5.91 Å². The third kappa shape index (κ3) is 4.19. The zero-order valence-corrected chi connectivity index (χ0v) is 18.9. The summed E-state index contributed by atoms with van der Waals surface area (Å²) in [5, 5.41) is 1.02. The SMILES string of the molecule is COc1ccccc1-n1c(SCC(=O)N2[C@H](C)CCC[C@@H]2C)nc2ccccc2c1=O. The Hall–Kier alpha value is -2.80. The molecule has 4 rings (SSSR count). The largest absolute Gasteiger partial charge is 0.495 e. The van der Waals surface area contributed by atoms with Gasteiger partial charge in [0.15, 0.2) is 5.16 Å². The predicted octanol–water partition coefficient (Wildman–Crippen LogP) is 4.28. The Labute approximate surface area is 186 Å². The van der Waals surface area contributed by atoms with Crippen LogP contribution in [0.1, 0.15) is 33.1 Å². The summed E-state index contributed by atoms with van der Waals surface area (Å²) >= 11 is 1.30. The third-order valence-electron chi connectivity index (χ3n) is 5.88. The van der Waals surface area contributed by atoms with Crippen LogP contribution >= 0.6 is 11.8 Å². The molecule has 1 fully saturated rings. The minimum absolute atomic E-state index is 0.0821. The Bertz CT molecular complexity index is 1150. The van der Waals surface area contributed by atoms with Crippen LogP contribution < -0.4 is 10.3 Å². The summed E-state index contributed by atoms with van der Waals surface area (Å²) in [6.45, 7) is 4.22. The Morgan fingerprint density at radius 1 is 1.10 bits per heavy atom. The lowest BCUT2D eigenvalue weighted by Gasteiger charge is -2.39. The molecule has 0 saturated carbocycles. The molecule has 162 valence electrons. The van der Waals surface area contributed by atoms with Gasteiger partial charge in [-0.3, -0.25) is 14.2 Å². The average molecular weight is 438 g/mol. The first-order chi connectivity index (χ1) is 15.0. The molecule has 2 heterocycles. The first-order valence-corrected chi connectivity index (χ1v) is 11.6. The first kappa shape index (κ1) is 21.4. The Kier molecular flexibility index (Phi) is 6.32. The van der Waals surface area contributed by atoms with Crippen LogP contribution in [-0.4, -0.2) is 45.3 Å². The van der Waals surface area contributed by atoms with Crippen molar-refractivity contribution in [1.82, 2.24) is 14.5 Å². The van der Waals surface area contributed by atoms with E-state index in [0.717, 1.165) is 19.3 Å². The number of ether oxygens (including phenoxy) is 1. The maximum atomic E-state index is 13.4. The molecular weight excluding hydrogens is 410 g/mol. The molecule has 6 nitrogen and oxygen atoms in total. The number of thioether (sulfide) groups is 1. The Morgan fingerprint density at radius 2 is 1.77 bits per heavy atom. The zero-order valence-electron chi connectivity index (χ0n) is 18.1. The normalized spacial score (nSPS) is 18.9. The van der Waals surface area contributed by atoms with E-state index >= 15 is 0 Å². The molecule has 1 aromatic heterocycles. The van der Waals surface area contributed by atoms with Crippen LogP contribution in [0.15, 0.2) is 58.5 Å². The highest BCUT2D eigenvalue weighted by Gasteiger charge is 2.29. The van der Waals surface area contributed by atoms with Gasteiger partial charge in [-0.2, -0.15) is 0 Å². The van der Waals surface area contributed by atoms with Crippen LogP contribution in [-0.2, 0) is 4.79 Å². The minimum Gasteiger partial charge on any atom is -0.495 e. The summed E-state index contributed by atoms with van der Waals surface area (Å²) < 4.78 is 7.06. The van der Waals surface area contributed by atoms with Gasteiger partial charge in [0.05, 0.1) is 29.5 Å². The van der Waals surface area contributed by atoms with Gasteiger partial charge in [0.25, 0.3) is 5.56 Å². The topological polar surface area (TPSA) is 64.4 Å². The molecule has 0 spiro atoms. The van der Waals surface area contributed by atoms with Gasteiger partial charge < -0.3 is 9.64 Å². The van der Waals surface area contributed by atoms with E-state index in [2.05, 4.69) is 13.8 Å². The fraction of sp³-hybridized carbons (Fsp3) is 0.375. The van der Waals surface area contributed by atoms with E-state index in [4.69, 9.17) is 9.72 Å². The summed E-state index contributed by atoms with van der Waals surface area (Å²) in [5.41, 5.74) is 1.06. The summed E-state index contributed by atoms with van der Waals surface area (Å²) in [4.78, 5) is 33.2. The van der Waals surface area contributed by atoms with Crippen molar-refractivity contribution in [2.24, 2.45) is 0 Å². The first-order valence-electron chi connectivity index (χ1n) is 10.6. The second-order valence-electron chi connectivity index (χ2n) is 7.94. The number of aromatic nitrogens is 2. The van der Waals surface area contributed by atoms with Crippen LogP contribution in [0.3, 0.4) is 0 Å². The fourth-order valence-corrected chi connectivity index (χ4v) is 5.22. The van der Waals surface area contributed by atoms with E-state index in [0.29, 0.717) is 27.5 Å². The van der Waals surface area contributed by atoms with Crippen molar-refractivity contribution >= 4 is 28.6 Å². The number of nitrogens with zero attached hydrogens (tertiary/aromatic N) is 3. The molecule has 31 heavy (non-hydrogen) atoms. The number of rotatable bonds is 5. The van der Waals surface area contributed by atoms with E-state index in [9.17, 15) is 9.59 Å². The number of para-hydroxylation sites is 3. The van der Waals surface area contributed by atoms with Crippen LogP contribution in [0, 0.1) is 0 Å². The molecular formula is C24H27N3O3S. The highest BCUT2D eigenvalue weighted by Crippen LogP contribution is 2.29. The lowest BCUT2D eigenvalue weighted by Crippen LogP contribution is -2.48. The zero-order chi connectivity index (χ0) is 22.0. The monoisotopic (exact) mass is 437 g/mol. The number of carbonyl (C=O) groups excluding carboxylic acids is 1. The summed E-state index contributed by atoms with van der Waals surface area (Å²) in [6.07, 6.45) is 3.21. The lowest BCUT2D eigenvalue weighted by molar-refractivity contribution is -0.134. The number of fused-ring (bicyclic) bond motifs is 1. The number of carbonyl (C=O) groups is 1. The van der Waals surface area contributed by atoms with Crippen LogP contribution in [0.2, 0.25) is 0 Å². The maximum Gasteiger partial charge on any atom is 0.266 e. The number of hydrogen-bond donors (Lipinski definition) is 0. The van der Waals surface area contributed by atoms with Gasteiger partial charge in [-0.15, -0.1) is 0 Å². The van der Waals surface area contributed by atoms with Crippen molar-refractivity contribution in [3.05, 3.63) is 58.9 Å². The van der Waals surface area contributed by atoms with E-state index < -0.39 is 0 Å². The van der Waals surface area contributed by atoms with Gasteiger partial charge in [0.1, 0.15) is 5.75 Å². The average Bonchev–Trinajstić information content (AvgIpc) is 2.78. The molecule has 0 bridgehead atoms. The quantitative estimate of drug-likeness (QED) is 0.440. The molecule has 2 atom stereocenters. The van der Waals surface area contributed by atoms with Crippen LogP contribution in [0.25, 0.3) is 16.6 Å². The second-order valence-corrected chi connectivity index (χ2v) is 8.89. The molecule has 1 aliphatic rings. The number of methoxy groups -OCH3 is 1. The summed E-state index contributed by atoms with van der Waals surface area (Å²) in [5.74, 6) is 0.890. The smallest absolute Gasteiger partial charge is 0.266 e. The number of benzene rings is 2. The van der Waals surface area contributed by atoms with Gasteiger partial charge in [-0.1, -0.05) is 36.0 Å². The Balaban J connectivity index is 1.74. The highest BCUT2D eigenvalue weighted by atomic mass is 32.2. The van der Waals surface area contributed by atoms with Crippen molar-refractivity contribution in [2.75, 3.05) is 12.9 Å². The molecule has 7 heteroatoms. The summed E-state index contributed by atoms with van der Waals surface area (Å²) in [7, 11) is 1.58. The number of amides is 1. The van der Waals surface area contributed by atoms with E-state index in [1.54, 1.807) is 17.7 Å². The van der Waals surface area contributed by atoms with Gasteiger partial charge in [-0.05, 0) is 57.4 Å². The van der Waals surface area contributed by atoms with E-state index in [1.165, 1.54) is 11.8 Å². The molecule has 0 radical (unpaired) electrons. The molecule has 2 aromatic carbocycles. The van der Waals surface area contributed by atoms with Crippen LogP contribution in [0.4, 0.5) is 0 Å². The lowest BCUT2D eigenvalue weighted by atomic mass is 9.98. The van der Waals surface area contributed by atoms with Crippen molar-refractivity contribution in [1.29, 1.82) is 0 Å². The van der Waals surface area contributed by atoms with Gasteiger partial charge in [-0.25, -0.2) is 4.98 Å². The maximum absolute atomic E-state index is 13.4. The van der Waals surface area contributed by atoms with Gasteiger partial charge in [0, 0.05) is 12.1 Å². The standard InChI is InChI=1S/C24H27N3O3S/c1-16-9-8-10-17(2)26(16)22(28)15-31-24-25-19-12-5-4-11-18(19)23(29)27(24)20-13-6-7-14-21(20)30-3/h4-7,11-14,16-17H,8-10,15H2,1-3H3/t16-,17+. The molecule has 0 aliphatic carbocycles. The van der Waals surface area contributed by atoms with E-state index in [-0.39, 0.29) is 29.3 Å². The second kappa shape index (κ2) is 9.14. The number of piperidine rings is 1. The fourth-order valence-electron chi connectivity index (χ4n) is 4.35. The number of hydrogen-bond acceptors (Lipinski definition) is 5. The van der Waals surface area contributed by atoms with Crippen molar-refractivity contribution in [3.63, 3.8) is 0 Å². The molecule has 0 N–H and O–H groups in total. The predicted molar refractivity (Wildman–Crippen MR) is 124 cm³/mol. The van der Waals surface area contributed by atoms with Crippen molar-refractivity contribution in [3.8, 4) is 11.4 Å². The Morgan fingerprint density at radius 3 is 2.52 bits per heavy atom. The van der Waals surface area contributed by atoms with Crippen molar-refractivity contribution in [2.45, 2.75) is 50.4 Å². The van der Waals surface area contributed by atoms with E-state index in [1.807, 2.05) is 47.4 Å². The van der Waals surface area contributed by atoms with Crippen molar-refractivity contribution < 1.29 is 9.53 Å². The molecule has 0 unspecified atom stereocenters. The van der Waals surface area contributed by atoms with Crippen LogP contribution in [0.5, 0.6) is 5.75 Å². The summed E-state index contributed by atoms with van der Waals surface area (Å²) in [6, 6.07) is 15.1. The third-order valence-corrected chi connectivity index (χ3v) is 6.80. The molecule has 1 amide bonds. The van der Waals surface area contributed by atoms with Gasteiger partial charge >= 0.3 is 0 Å². The minimum atomic E-state index is -0.176.